The third-order valence-corrected chi connectivity index (χ3v) is 2.55. The zero-order valence-electron chi connectivity index (χ0n) is 9.12. The highest BCUT2D eigenvalue weighted by molar-refractivity contribution is 6.33. The van der Waals surface area contributed by atoms with Crippen molar-refractivity contribution in [1.29, 1.82) is 0 Å². The van der Waals surface area contributed by atoms with E-state index in [2.05, 4.69) is 4.74 Å². The van der Waals surface area contributed by atoms with Crippen molar-refractivity contribution in [2.45, 2.75) is 12.4 Å². The van der Waals surface area contributed by atoms with Gasteiger partial charge in [-0.25, -0.2) is 0 Å². The maximum absolute atomic E-state index is 12.7. The number of hydrogen-bond acceptors (Lipinski definition) is 2. The van der Waals surface area contributed by atoms with Gasteiger partial charge in [0.05, 0.1) is 17.7 Å². The normalized spacial score (nSPS) is 12.4. The van der Waals surface area contributed by atoms with Crippen LogP contribution in [-0.4, -0.2) is 13.4 Å². The summed E-state index contributed by atoms with van der Waals surface area (Å²) >= 11 is 5.17. The Balaban J connectivity index is 3.81. The van der Waals surface area contributed by atoms with Gasteiger partial charge in [-0.15, -0.1) is 0 Å². The number of ether oxygens (including phenoxy) is 1. The summed E-state index contributed by atoms with van der Waals surface area (Å²) in [6, 6.07) is 0.352. The molecule has 1 aromatic rings. The maximum atomic E-state index is 12.7. The number of alkyl halides is 6. The molecule has 9 heteroatoms. The Morgan fingerprint density at radius 1 is 1.11 bits per heavy atom. The molecule has 2 nitrogen and oxygen atoms in total. The van der Waals surface area contributed by atoms with Crippen molar-refractivity contribution in [3.8, 4) is 5.75 Å². The molecule has 0 aliphatic rings. The summed E-state index contributed by atoms with van der Waals surface area (Å²) < 4.78 is 80.3. The van der Waals surface area contributed by atoms with Gasteiger partial charge < -0.3 is 4.74 Å². The Hall–Kier alpha value is -1.44. The van der Waals surface area contributed by atoms with Gasteiger partial charge in [-0.05, 0) is 6.07 Å². The molecule has 0 N–H and O–H groups in total. The van der Waals surface area contributed by atoms with Crippen LogP contribution in [0.3, 0.4) is 0 Å². The number of rotatable bonds is 2. The summed E-state index contributed by atoms with van der Waals surface area (Å²) in [5, 5.41) is -1.61. The van der Waals surface area contributed by atoms with E-state index in [1.165, 1.54) is 0 Å². The van der Waals surface area contributed by atoms with E-state index < -0.39 is 39.8 Å². The fourth-order valence-corrected chi connectivity index (χ4v) is 1.87. The summed E-state index contributed by atoms with van der Waals surface area (Å²) in [6.07, 6.45) is -10.6. The molecule has 0 aliphatic carbocycles. The van der Waals surface area contributed by atoms with Gasteiger partial charge in [0.2, 0.25) is 0 Å². The summed E-state index contributed by atoms with van der Waals surface area (Å²) in [6.45, 7) is 0. The molecule has 0 spiro atoms. The molecule has 0 saturated heterocycles. The second-order valence-electron chi connectivity index (χ2n) is 3.35. The number of methoxy groups -OCH3 is 1. The lowest BCUT2D eigenvalue weighted by Crippen LogP contribution is -2.16. The molecule has 0 amide bonds. The summed E-state index contributed by atoms with van der Waals surface area (Å²) in [5.41, 5.74) is -4.63. The van der Waals surface area contributed by atoms with Gasteiger partial charge in [0.15, 0.2) is 6.29 Å². The van der Waals surface area contributed by atoms with Gasteiger partial charge in [0.25, 0.3) is 0 Å². The van der Waals surface area contributed by atoms with Gasteiger partial charge >= 0.3 is 12.4 Å². The molecule has 0 atom stereocenters. The fourth-order valence-electron chi connectivity index (χ4n) is 1.45. The first-order valence-electron chi connectivity index (χ1n) is 4.54. The molecule has 0 aliphatic heterocycles. The molecule has 0 fully saturated rings. The fraction of sp³-hybridized carbons (Fsp3) is 0.300. The Bertz CT molecular complexity index is 506. The number of halogens is 7. The number of aldehydes is 1. The first kappa shape index (κ1) is 15.6. The topological polar surface area (TPSA) is 26.3 Å². The molecule has 106 valence electrons. The molecule has 0 bridgehead atoms. The molecule has 0 heterocycles. The van der Waals surface area contributed by atoms with Crippen LogP contribution >= 0.6 is 11.6 Å². The minimum Gasteiger partial charge on any atom is -0.496 e. The lowest BCUT2D eigenvalue weighted by atomic mass is 10.0. The van der Waals surface area contributed by atoms with Gasteiger partial charge in [-0.3, -0.25) is 4.79 Å². The van der Waals surface area contributed by atoms with Crippen LogP contribution in [-0.2, 0) is 12.4 Å². The van der Waals surface area contributed by atoms with Crippen molar-refractivity contribution in [2.24, 2.45) is 0 Å². The smallest absolute Gasteiger partial charge is 0.421 e. The third-order valence-electron chi connectivity index (χ3n) is 2.17. The van der Waals surface area contributed by atoms with Crippen molar-refractivity contribution in [1.82, 2.24) is 0 Å². The molecule has 0 aromatic heterocycles. The largest absolute Gasteiger partial charge is 0.496 e. The molecule has 1 aromatic carbocycles. The van der Waals surface area contributed by atoms with Crippen molar-refractivity contribution >= 4 is 17.9 Å². The number of hydrogen-bond donors (Lipinski definition) is 0. The van der Waals surface area contributed by atoms with Gasteiger partial charge in [-0.2, -0.15) is 26.3 Å². The van der Waals surface area contributed by atoms with Crippen LogP contribution in [0, 0.1) is 0 Å². The SMILES string of the molecule is COc1cc(C=O)c(C(F)(F)F)c(Cl)c1C(F)(F)F. The van der Waals surface area contributed by atoms with Crippen molar-refractivity contribution in [2.75, 3.05) is 7.11 Å². The number of carbonyl (C=O) groups is 1. The van der Waals surface area contributed by atoms with Crippen LogP contribution in [0.15, 0.2) is 6.07 Å². The van der Waals surface area contributed by atoms with Crippen LogP contribution in [0.25, 0.3) is 0 Å². The zero-order chi connectivity index (χ0) is 15.0. The number of carbonyl (C=O) groups excluding carboxylic acids is 1. The highest BCUT2D eigenvalue weighted by Gasteiger charge is 2.44. The lowest BCUT2D eigenvalue weighted by molar-refractivity contribution is -0.143. The minimum absolute atomic E-state index is 0.239. The molecule has 0 unspecified atom stereocenters. The van der Waals surface area contributed by atoms with Crippen LogP contribution < -0.4 is 4.74 Å². The van der Waals surface area contributed by atoms with E-state index in [9.17, 15) is 31.1 Å². The van der Waals surface area contributed by atoms with E-state index in [0.29, 0.717) is 6.07 Å². The van der Waals surface area contributed by atoms with Crippen LogP contribution in [0.5, 0.6) is 5.75 Å². The maximum Gasteiger partial charge on any atom is 0.421 e. The summed E-state index contributed by atoms with van der Waals surface area (Å²) in [4.78, 5) is 10.6. The van der Waals surface area contributed by atoms with E-state index in [1.807, 2.05) is 0 Å². The minimum atomic E-state index is -5.19. The van der Waals surface area contributed by atoms with Crippen LogP contribution in [0.2, 0.25) is 5.02 Å². The molecule has 19 heavy (non-hydrogen) atoms. The van der Waals surface area contributed by atoms with Crippen LogP contribution in [0.1, 0.15) is 21.5 Å². The van der Waals surface area contributed by atoms with Gasteiger partial charge in [-0.1, -0.05) is 11.6 Å². The first-order valence-corrected chi connectivity index (χ1v) is 4.91. The van der Waals surface area contributed by atoms with E-state index in [1.54, 1.807) is 0 Å². The summed E-state index contributed by atoms with van der Waals surface area (Å²) in [7, 11) is 0.822. The third kappa shape index (κ3) is 2.94. The van der Waals surface area contributed by atoms with Gasteiger partial charge in [0.1, 0.15) is 11.3 Å². The van der Waals surface area contributed by atoms with E-state index in [4.69, 9.17) is 11.6 Å². The molecule has 0 radical (unpaired) electrons. The Morgan fingerprint density at radius 2 is 1.58 bits per heavy atom. The molecular formula is C10H5ClF6O2. The van der Waals surface area contributed by atoms with Gasteiger partial charge in [0, 0.05) is 5.56 Å². The number of benzene rings is 1. The molecule has 0 saturated carbocycles. The first-order chi connectivity index (χ1) is 8.54. The van der Waals surface area contributed by atoms with E-state index >= 15 is 0 Å². The predicted octanol–water partition coefficient (Wildman–Crippen LogP) is 4.20. The Morgan fingerprint density at radius 3 is 1.89 bits per heavy atom. The lowest BCUT2D eigenvalue weighted by Gasteiger charge is -2.19. The second-order valence-corrected chi connectivity index (χ2v) is 3.72. The Kier molecular flexibility index (Phi) is 4.04. The van der Waals surface area contributed by atoms with Crippen LogP contribution in [0.4, 0.5) is 26.3 Å². The van der Waals surface area contributed by atoms with Crippen molar-refractivity contribution < 1.29 is 35.9 Å². The standard InChI is InChI=1S/C10H5ClF6O2/c1-19-5-2-4(3-18)6(9(12,13)14)8(11)7(5)10(15,16)17/h2-3H,1H3. The monoisotopic (exact) mass is 306 g/mol. The molecule has 1 rings (SSSR count). The van der Waals surface area contributed by atoms with Crippen molar-refractivity contribution in [3.05, 3.63) is 27.8 Å². The average molecular weight is 307 g/mol. The predicted molar refractivity (Wildman–Crippen MR) is 53.4 cm³/mol. The van der Waals surface area contributed by atoms with E-state index in [0.717, 1.165) is 7.11 Å². The summed E-state index contributed by atoms with van der Waals surface area (Å²) in [5.74, 6) is -0.951. The average Bonchev–Trinajstić information content (AvgIpc) is 2.23. The van der Waals surface area contributed by atoms with Crippen molar-refractivity contribution in [3.63, 3.8) is 0 Å². The van der Waals surface area contributed by atoms with E-state index in [-0.39, 0.29) is 6.29 Å². The second kappa shape index (κ2) is 4.92. The molecular weight excluding hydrogens is 302 g/mol. The highest BCUT2D eigenvalue weighted by Crippen LogP contribution is 2.47. The Labute approximate surface area is 107 Å². The zero-order valence-corrected chi connectivity index (χ0v) is 9.87. The quantitative estimate of drug-likeness (QED) is 0.604. The highest BCUT2D eigenvalue weighted by atomic mass is 35.5.